The van der Waals surface area contributed by atoms with Crippen LogP contribution in [-0.4, -0.2) is 7.63 Å². The standard InChI is InChI=1S/C5H5.6CH3.2ClH.H2Si.Ti/c1-2-4-5-3-1;;;;;;;;;;/h1-3H,4H2;6*1H3;2*1H;1H2;/q7*-1;;;;. The van der Waals surface area contributed by atoms with Crippen molar-refractivity contribution >= 4 is 32.4 Å². The van der Waals surface area contributed by atoms with Gasteiger partial charge in [0.25, 0.3) is 0 Å². The fourth-order valence-electron chi connectivity index (χ4n) is 0.340. The molecule has 0 aromatic carbocycles. The molecule has 0 saturated carbocycles. The molecule has 15 heavy (non-hydrogen) atoms. The molecule has 0 atom stereocenters. The van der Waals surface area contributed by atoms with E-state index in [4.69, 9.17) is 0 Å². The predicted molar refractivity (Wildman–Crippen MR) is 83.1 cm³/mol. The molecule has 0 heterocycles. The van der Waals surface area contributed by atoms with Gasteiger partial charge in [0.05, 0.1) is 0 Å². The van der Waals surface area contributed by atoms with E-state index in [0.717, 1.165) is 6.42 Å². The van der Waals surface area contributed by atoms with Gasteiger partial charge in [0.2, 0.25) is 0 Å². The molecule has 0 bridgehead atoms. The zero-order valence-electron chi connectivity index (χ0n) is 11.0. The van der Waals surface area contributed by atoms with E-state index in [-0.39, 0.29) is 69.4 Å². The third-order valence-corrected chi connectivity index (χ3v) is 0.586. The van der Waals surface area contributed by atoms with Crippen molar-refractivity contribution in [2.24, 2.45) is 0 Å². The fraction of sp³-hybridized carbons (Fsp3) is 0.0909. The Balaban J connectivity index is -0.00000000495. The van der Waals surface area contributed by atoms with Crippen molar-refractivity contribution in [1.29, 1.82) is 0 Å². The Bertz CT molecular complexity index is 86.6. The number of rotatable bonds is 0. The summed E-state index contributed by atoms with van der Waals surface area (Å²) in [6.07, 6.45) is 10.0. The first-order valence-corrected chi connectivity index (χ1v) is 6.09. The van der Waals surface area contributed by atoms with Crippen LogP contribution in [0.3, 0.4) is 0 Å². The third kappa shape index (κ3) is 70.5. The van der Waals surface area contributed by atoms with Crippen molar-refractivity contribution < 1.29 is 19.2 Å². The summed E-state index contributed by atoms with van der Waals surface area (Å²) in [4.78, 5) is 0. The molecule has 0 aromatic rings. The van der Waals surface area contributed by atoms with Gasteiger partial charge in [0.1, 0.15) is 0 Å². The van der Waals surface area contributed by atoms with Crippen LogP contribution in [0.5, 0.6) is 0 Å². The van der Waals surface area contributed by atoms with E-state index < -0.39 is 0 Å². The molecule has 1 aliphatic carbocycles. The normalized spacial score (nSPS) is 6.07. The van der Waals surface area contributed by atoms with Gasteiger partial charge in [-0.3, -0.25) is 6.08 Å². The summed E-state index contributed by atoms with van der Waals surface area (Å²) in [7, 11) is 1.86. The quantitative estimate of drug-likeness (QED) is 0.470. The summed E-state index contributed by atoms with van der Waals surface area (Å²) in [5.41, 5.74) is 0. The number of hydrogen-bond donors (Lipinski definition) is 0. The summed E-state index contributed by atoms with van der Waals surface area (Å²) < 4.78 is 0. The summed E-state index contributed by atoms with van der Waals surface area (Å²) in [6.45, 7) is 0. The maximum atomic E-state index is 2.99. The van der Waals surface area contributed by atoms with Crippen molar-refractivity contribution in [1.82, 2.24) is 0 Å². The first-order valence-electron chi connectivity index (χ1n) is 2.07. The Hall–Kier alpha value is 0.991. The number of hydrogen-bond acceptors (Lipinski definition) is 0. The Kier molecular flexibility index (Phi) is 401. The van der Waals surface area contributed by atoms with Crippen molar-refractivity contribution in [3.63, 3.8) is 0 Å². The van der Waals surface area contributed by atoms with E-state index in [1.165, 1.54) is 0 Å². The van der Waals surface area contributed by atoms with Gasteiger partial charge in [-0.2, -0.15) is 6.08 Å². The van der Waals surface area contributed by atoms with Crippen LogP contribution in [0.25, 0.3) is 0 Å². The van der Waals surface area contributed by atoms with Crippen molar-refractivity contribution in [2.75, 3.05) is 0 Å². The summed E-state index contributed by atoms with van der Waals surface area (Å²) in [5.74, 6) is 0. The first kappa shape index (κ1) is 73.5. The van der Waals surface area contributed by atoms with Gasteiger partial charge >= 0.3 is 26.8 Å². The Morgan fingerprint density at radius 3 is 1.27 bits per heavy atom. The van der Waals surface area contributed by atoms with Gasteiger partial charge in [-0.1, -0.05) is 0 Å². The molecule has 0 amide bonds. The maximum absolute atomic E-state index is 2.99. The number of halogens is 2. The Morgan fingerprint density at radius 1 is 0.867 bits per heavy atom. The molecule has 4 heteroatoms. The van der Waals surface area contributed by atoms with E-state index in [1.54, 1.807) is 0 Å². The van der Waals surface area contributed by atoms with E-state index in [9.17, 15) is 0 Å². The Morgan fingerprint density at radius 2 is 1.20 bits per heavy atom. The molecule has 0 spiro atoms. The molecule has 0 nitrogen and oxygen atoms in total. The molecular formula is C11H27Cl2SiTi-7. The monoisotopic (exact) mass is 305 g/mol. The molecule has 100 valence electrons. The zero-order chi connectivity index (χ0) is 5.54. The second kappa shape index (κ2) is 81.8. The van der Waals surface area contributed by atoms with Gasteiger partial charge < -0.3 is 44.6 Å². The van der Waals surface area contributed by atoms with Crippen molar-refractivity contribution in [3.05, 3.63) is 68.9 Å². The van der Waals surface area contributed by atoms with Crippen LogP contribution in [-0.2, 0) is 19.2 Å². The first-order chi connectivity index (χ1) is 3.50. The minimum absolute atomic E-state index is 0. The zero-order valence-corrected chi connectivity index (χ0v) is 15.6. The van der Waals surface area contributed by atoms with Gasteiger partial charge in [-0.25, -0.2) is 12.2 Å². The molecule has 0 N–H and O–H groups in total. The fourth-order valence-corrected chi connectivity index (χ4v) is 0.340. The predicted octanol–water partition coefficient (Wildman–Crippen LogP) is 3.93. The second-order valence-corrected chi connectivity index (χ2v) is 1.00. The number of allylic oxidation sites excluding steroid dienone is 4. The molecule has 0 saturated heterocycles. The molecule has 1 rings (SSSR count). The Labute approximate surface area is 126 Å². The van der Waals surface area contributed by atoms with Crippen molar-refractivity contribution in [3.8, 4) is 0 Å². The van der Waals surface area contributed by atoms with Gasteiger partial charge in [-0.15, -0.1) is 31.2 Å². The molecule has 0 aromatic heterocycles. The third-order valence-electron chi connectivity index (χ3n) is 0.586. The van der Waals surface area contributed by atoms with Crippen LogP contribution in [0, 0.1) is 50.6 Å². The van der Waals surface area contributed by atoms with Crippen LogP contribution >= 0.6 is 24.8 Å². The average molecular weight is 306 g/mol. The molecule has 0 fully saturated rings. The van der Waals surface area contributed by atoms with Crippen molar-refractivity contribution in [2.45, 2.75) is 6.42 Å². The van der Waals surface area contributed by atoms with Gasteiger partial charge in [-0.05, 0) is 0 Å². The molecular weight excluding hydrogens is 279 g/mol. The van der Waals surface area contributed by atoms with E-state index in [0.29, 0.717) is 0 Å². The van der Waals surface area contributed by atoms with E-state index >= 15 is 0 Å². The molecule has 0 aliphatic heterocycles. The van der Waals surface area contributed by atoms with Crippen LogP contribution in [0.15, 0.2) is 18.2 Å². The second-order valence-electron chi connectivity index (χ2n) is 1.00. The van der Waals surface area contributed by atoms with Gasteiger partial charge in [0.15, 0.2) is 0 Å². The molecule has 0 radical (unpaired) electrons. The van der Waals surface area contributed by atoms with Crippen LogP contribution in [0.1, 0.15) is 6.42 Å². The van der Waals surface area contributed by atoms with Crippen LogP contribution in [0.2, 0.25) is 0 Å². The van der Waals surface area contributed by atoms with E-state index in [1.807, 2.05) is 39.0 Å². The minimum atomic E-state index is 0. The summed E-state index contributed by atoms with van der Waals surface area (Å²) in [5, 5.41) is 0. The molecule has 1 aliphatic rings. The SMILES string of the molecule is Cl.Cl.[C-]1=CC=CC1.[CH3-].[CH3-].[CH3-].[CH3-].[CH3-].[CH3-].[SiH2]=[Ti]. The topological polar surface area (TPSA) is 0 Å². The molecule has 0 unspecified atom stereocenters. The summed E-state index contributed by atoms with van der Waals surface area (Å²) >= 11 is 2.03. The average Bonchev–Trinajstić information content (AvgIpc) is 2.23. The van der Waals surface area contributed by atoms with Crippen LogP contribution < -0.4 is 0 Å². The van der Waals surface area contributed by atoms with Gasteiger partial charge in [0, 0.05) is 0 Å². The van der Waals surface area contributed by atoms with Crippen LogP contribution in [0.4, 0.5) is 0 Å². The summed E-state index contributed by atoms with van der Waals surface area (Å²) in [6, 6.07) is 0. The van der Waals surface area contributed by atoms with E-state index in [2.05, 4.69) is 12.2 Å².